The number of aliphatic hydroxyl groups is 1. The highest BCUT2D eigenvalue weighted by Gasteiger charge is 2.41. The number of nitrogen functional groups attached to an aromatic ring is 1. The lowest BCUT2D eigenvalue weighted by Gasteiger charge is -2.36. The van der Waals surface area contributed by atoms with Gasteiger partial charge in [-0.25, -0.2) is 28.1 Å². The molecule has 9 nitrogen and oxygen atoms in total. The molecule has 1 aromatic heterocycles. The van der Waals surface area contributed by atoms with Crippen LogP contribution in [0.2, 0.25) is 0 Å². The van der Waals surface area contributed by atoms with Crippen molar-refractivity contribution in [2.75, 3.05) is 5.73 Å². The summed E-state index contributed by atoms with van der Waals surface area (Å²) in [7, 11) is 0. The molecule has 2 rings (SSSR count). The summed E-state index contributed by atoms with van der Waals surface area (Å²) in [6.45, 7) is 5.24. The number of pyridine rings is 1. The standard InChI is InChI=1S/C20H20F2N2O7/c1-19(2,30)20(3,4)31-18(29)14-12(13-10(21)5-8(23)6-11(13)22)9(16(25)26)7-24-15(14)17(27)28/h5-7,30H,23H2,1-4H3,(H,25,26)(H,27,28). The maximum atomic E-state index is 14.7. The number of carboxylic acids is 2. The van der Waals surface area contributed by atoms with Crippen LogP contribution in [0.1, 0.15) is 58.9 Å². The van der Waals surface area contributed by atoms with Crippen LogP contribution in [-0.2, 0) is 4.74 Å². The van der Waals surface area contributed by atoms with E-state index in [4.69, 9.17) is 10.5 Å². The number of aromatic carboxylic acids is 2. The number of ether oxygens (including phenoxy) is 1. The number of halogens is 2. The number of rotatable bonds is 6. The Bertz CT molecular complexity index is 1070. The van der Waals surface area contributed by atoms with Gasteiger partial charge in [-0.05, 0) is 39.8 Å². The third-order valence-electron chi connectivity index (χ3n) is 4.85. The van der Waals surface area contributed by atoms with Crippen LogP contribution in [0.5, 0.6) is 0 Å². The minimum absolute atomic E-state index is 0.324. The van der Waals surface area contributed by atoms with E-state index in [1.807, 2.05) is 0 Å². The maximum Gasteiger partial charge on any atom is 0.355 e. The average Bonchev–Trinajstić information content (AvgIpc) is 2.58. The highest BCUT2D eigenvalue weighted by Crippen LogP contribution is 2.36. The fourth-order valence-corrected chi connectivity index (χ4v) is 2.53. The number of carbonyl (C=O) groups excluding carboxylic acids is 1. The number of hydrogen-bond acceptors (Lipinski definition) is 7. The van der Waals surface area contributed by atoms with Gasteiger partial charge in [-0.15, -0.1) is 0 Å². The number of carbonyl (C=O) groups is 3. The zero-order valence-electron chi connectivity index (χ0n) is 17.0. The van der Waals surface area contributed by atoms with Crippen LogP contribution >= 0.6 is 0 Å². The van der Waals surface area contributed by atoms with Crippen LogP contribution in [0, 0.1) is 11.6 Å². The highest BCUT2D eigenvalue weighted by molar-refractivity contribution is 6.10. The molecule has 0 saturated heterocycles. The van der Waals surface area contributed by atoms with Gasteiger partial charge >= 0.3 is 17.9 Å². The largest absolute Gasteiger partial charge is 0.478 e. The summed E-state index contributed by atoms with van der Waals surface area (Å²) in [5, 5.41) is 29.2. The first-order chi connectivity index (χ1) is 14.1. The van der Waals surface area contributed by atoms with Gasteiger partial charge in [0.1, 0.15) is 22.8 Å². The van der Waals surface area contributed by atoms with E-state index < -0.39 is 68.7 Å². The number of hydrogen-bond donors (Lipinski definition) is 4. The van der Waals surface area contributed by atoms with E-state index in [0.717, 1.165) is 0 Å². The molecule has 0 amide bonds. The number of aromatic nitrogens is 1. The Morgan fingerprint density at radius 3 is 1.94 bits per heavy atom. The van der Waals surface area contributed by atoms with Crippen molar-refractivity contribution in [3.63, 3.8) is 0 Å². The zero-order chi connectivity index (χ0) is 23.9. The van der Waals surface area contributed by atoms with Crippen molar-refractivity contribution in [1.82, 2.24) is 4.98 Å². The van der Waals surface area contributed by atoms with Gasteiger partial charge in [-0.2, -0.15) is 0 Å². The fraction of sp³-hybridized carbons (Fsp3) is 0.300. The van der Waals surface area contributed by atoms with Crippen molar-refractivity contribution < 1.29 is 43.2 Å². The molecule has 1 aromatic carbocycles. The third-order valence-corrected chi connectivity index (χ3v) is 4.85. The molecule has 166 valence electrons. The number of nitrogens with zero attached hydrogens (tertiary/aromatic N) is 1. The van der Waals surface area contributed by atoms with Crippen molar-refractivity contribution in [3.8, 4) is 11.1 Å². The second kappa shape index (κ2) is 7.91. The van der Waals surface area contributed by atoms with Gasteiger partial charge in [-0.1, -0.05) is 0 Å². The van der Waals surface area contributed by atoms with Crippen molar-refractivity contribution in [1.29, 1.82) is 0 Å². The van der Waals surface area contributed by atoms with Crippen molar-refractivity contribution in [3.05, 3.63) is 46.8 Å². The van der Waals surface area contributed by atoms with Gasteiger partial charge in [0, 0.05) is 17.4 Å². The van der Waals surface area contributed by atoms with Crippen LogP contribution in [-0.4, -0.2) is 49.4 Å². The Kier molecular flexibility index (Phi) is 6.04. The summed E-state index contributed by atoms with van der Waals surface area (Å²) in [6, 6.07) is 1.36. The van der Waals surface area contributed by atoms with Gasteiger partial charge in [0.2, 0.25) is 0 Å². The van der Waals surface area contributed by atoms with Crippen LogP contribution in [0.15, 0.2) is 18.3 Å². The first kappa shape index (κ1) is 23.7. The predicted octanol–water partition coefficient (Wildman–Crippen LogP) is 2.71. The molecule has 0 spiro atoms. The molecule has 0 aliphatic heterocycles. The van der Waals surface area contributed by atoms with E-state index in [2.05, 4.69) is 4.98 Å². The number of carboxylic acid groups (broad SMARTS) is 2. The van der Waals surface area contributed by atoms with Gasteiger partial charge in [-0.3, -0.25) is 0 Å². The molecule has 0 saturated carbocycles. The minimum Gasteiger partial charge on any atom is -0.478 e. The minimum atomic E-state index is -1.78. The Hall–Kier alpha value is -3.60. The molecule has 5 N–H and O–H groups in total. The van der Waals surface area contributed by atoms with Crippen molar-refractivity contribution >= 4 is 23.6 Å². The number of esters is 1. The lowest BCUT2D eigenvalue weighted by molar-refractivity contribution is -0.117. The lowest BCUT2D eigenvalue weighted by atomic mass is 9.89. The molecule has 2 aromatic rings. The normalized spacial score (nSPS) is 11.8. The summed E-state index contributed by atoms with van der Waals surface area (Å²) in [5.74, 6) is -7.63. The predicted molar refractivity (Wildman–Crippen MR) is 104 cm³/mol. The fourth-order valence-electron chi connectivity index (χ4n) is 2.53. The molecule has 0 bridgehead atoms. The SMILES string of the molecule is CC(C)(O)C(C)(C)OC(=O)c1c(C(=O)O)ncc(C(=O)O)c1-c1c(F)cc(N)cc1F. The van der Waals surface area contributed by atoms with Crippen molar-refractivity contribution in [2.45, 2.75) is 38.9 Å². The van der Waals surface area contributed by atoms with Crippen LogP contribution in [0.4, 0.5) is 14.5 Å². The molecule has 0 aliphatic rings. The summed E-state index contributed by atoms with van der Waals surface area (Å²) in [5.41, 5.74) is -2.89. The Labute approximate surface area is 175 Å². The van der Waals surface area contributed by atoms with Crippen LogP contribution in [0.3, 0.4) is 0 Å². The Morgan fingerprint density at radius 2 is 1.52 bits per heavy atom. The smallest absolute Gasteiger partial charge is 0.355 e. The maximum absolute atomic E-state index is 14.7. The monoisotopic (exact) mass is 438 g/mol. The Balaban J connectivity index is 2.96. The number of anilines is 1. The molecule has 11 heteroatoms. The van der Waals surface area contributed by atoms with E-state index in [0.29, 0.717) is 18.3 Å². The summed E-state index contributed by atoms with van der Waals surface area (Å²) >= 11 is 0. The molecular weight excluding hydrogens is 418 g/mol. The van der Waals surface area contributed by atoms with Gasteiger partial charge in [0.25, 0.3) is 0 Å². The first-order valence-corrected chi connectivity index (χ1v) is 8.78. The molecule has 0 radical (unpaired) electrons. The number of benzene rings is 1. The molecule has 0 aliphatic carbocycles. The lowest BCUT2D eigenvalue weighted by Crippen LogP contribution is -2.48. The van der Waals surface area contributed by atoms with Gasteiger partial charge < -0.3 is 25.8 Å². The quantitative estimate of drug-likeness (QED) is 0.393. The topological polar surface area (TPSA) is 160 Å². The van der Waals surface area contributed by atoms with E-state index >= 15 is 0 Å². The molecular formula is C20H20F2N2O7. The van der Waals surface area contributed by atoms with Crippen LogP contribution < -0.4 is 5.73 Å². The first-order valence-electron chi connectivity index (χ1n) is 8.78. The molecule has 0 atom stereocenters. The van der Waals surface area contributed by atoms with E-state index in [1.54, 1.807) is 0 Å². The zero-order valence-corrected chi connectivity index (χ0v) is 17.0. The molecule has 0 unspecified atom stereocenters. The third kappa shape index (κ3) is 4.45. The molecule has 0 fully saturated rings. The van der Waals surface area contributed by atoms with Gasteiger partial charge in [0.15, 0.2) is 5.69 Å². The summed E-state index contributed by atoms with van der Waals surface area (Å²) in [4.78, 5) is 39.9. The average molecular weight is 438 g/mol. The summed E-state index contributed by atoms with van der Waals surface area (Å²) < 4.78 is 34.6. The van der Waals surface area contributed by atoms with Crippen LogP contribution in [0.25, 0.3) is 11.1 Å². The number of nitrogens with two attached hydrogens (primary N) is 1. The van der Waals surface area contributed by atoms with E-state index in [9.17, 15) is 38.5 Å². The second-order valence-corrected chi connectivity index (χ2v) is 7.70. The second-order valence-electron chi connectivity index (χ2n) is 7.70. The molecule has 1 heterocycles. The van der Waals surface area contributed by atoms with E-state index in [-0.39, 0.29) is 5.69 Å². The van der Waals surface area contributed by atoms with Gasteiger partial charge in [0.05, 0.1) is 16.7 Å². The summed E-state index contributed by atoms with van der Waals surface area (Å²) in [6.07, 6.45) is 0.564. The van der Waals surface area contributed by atoms with E-state index in [1.165, 1.54) is 27.7 Å². The molecule has 31 heavy (non-hydrogen) atoms. The Morgan fingerprint density at radius 1 is 1.00 bits per heavy atom. The van der Waals surface area contributed by atoms with Crippen molar-refractivity contribution in [2.24, 2.45) is 0 Å². The highest BCUT2D eigenvalue weighted by atomic mass is 19.1.